The van der Waals surface area contributed by atoms with Crippen molar-refractivity contribution >= 4 is 34.7 Å². The average Bonchev–Trinajstić information content (AvgIpc) is 2.97. The van der Waals surface area contributed by atoms with Gasteiger partial charge in [-0.25, -0.2) is 0 Å². The van der Waals surface area contributed by atoms with Crippen molar-refractivity contribution in [1.29, 1.82) is 0 Å². The van der Waals surface area contributed by atoms with Crippen LogP contribution in [0, 0.1) is 0 Å². The SMILES string of the molecule is S=C(NCc1ccco1)NNC(=S)NC1CCCCC1. The third-order valence-corrected chi connectivity index (χ3v) is 3.70. The van der Waals surface area contributed by atoms with Crippen molar-refractivity contribution in [2.45, 2.75) is 44.7 Å². The van der Waals surface area contributed by atoms with E-state index in [9.17, 15) is 0 Å². The number of thiocarbonyl (C=S) groups is 2. The van der Waals surface area contributed by atoms with E-state index in [1.54, 1.807) is 6.26 Å². The molecule has 1 aromatic rings. The fraction of sp³-hybridized carbons (Fsp3) is 0.538. The number of furan rings is 1. The van der Waals surface area contributed by atoms with Crippen molar-refractivity contribution in [1.82, 2.24) is 21.5 Å². The maximum absolute atomic E-state index is 5.23. The van der Waals surface area contributed by atoms with Gasteiger partial charge in [0, 0.05) is 6.04 Å². The Morgan fingerprint density at radius 1 is 1.15 bits per heavy atom. The lowest BCUT2D eigenvalue weighted by Crippen LogP contribution is -2.52. The van der Waals surface area contributed by atoms with E-state index in [0.717, 1.165) is 5.76 Å². The summed E-state index contributed by atoms with van der Waals surface area (Å²) in [7, 11) is 0. The van der Waals surface area contributed by atoms with Gasteiger partial charge < -0.3 is 15.1 Å². The molecule has 0 unspecified atom stereocenters. The Kier molecular flexibility index (Phi) is 6.07. The summed E-state index contributed by atoms with van der Waals surface area (Å²) in [6, 6.07) is 4.21. The van der Waals surface area contributed by atoms with E-state index in [1.165, 1.54) is 32.1 Å². The molecule has 0 radical (unpaired) electrons. The zero-order valence-electron chi connectivity index (χ0n) is 11.3. The molecule has 1 aromatic heterocycles. The van der Waals surface area contributed by atoms with Crippen LogP contribution >= 0.6 is 24.4 Å². The van der Waals surface area contributed by atoms with Gasteiger partial charge in [0.25, 0.3) is 0 Å². The summed E-state index contributed by atoms with van der Waals surface area (Å²) in [5.41, 5.74) is 5.76. The van der Waals surface area contributed by atoms with Gasteiger partial charge in [0.15, 0.2) is 10.2 Å². The molecule has 1 saturated carbocycles. The molecule has 20 heavy (non-hydrogen) atoms. The minimum Gasteiger partial charge on any atom is -0.467 e. The van der Waals surface area contributed by atoms with Crippen molar-refractivity contribution in [2.75, 3.05) is 0 Å². The van der Waals surface area contributed by atoms with Gasteiger partial charge in [0.05, 0.1) is 12.8 Å². The molecule has 0 aromatic carbocycles. The van der Waals surface area contributed by atoms with Gasteiger partial charge in [-0.1, -0.05) is 19.3 Å². The summed E-state index contributed by atoms with van der Waals surface area (Å²) in [5, 5.41) is 7.38. The molecule has 1 fully saturated rings. The Morgan fingerprint density at radius 3 is 2.60 bits per heavy atom. The summed E-state index contributed by atoms with van der Waals surface area (Å²) in [5.74, 6) is 0.831. The van der Waals surface area contributed by atoms with Gasteiger partial charge in [-0.15, -0.1) is 0 Å². The molecule has 0 atom stereocenters. The van der Waals surface area contributed by atoms with Crippen LogP contribution < -0.4 is 21.5 Å². The van der Waals surface area contributed by atoms with Gasteiger partial charge in [0.2, 0.25) is 0 Å². The first-order valence-corrected chi connectivity index (χ1v) is 7.68. The fourth-order valence-corrected chi connectivity index (χ4v) is 2.55. The highest BCUT2D eigenvalue weighted by molar-refractivity contribution is 7.80. The highest BCUT2D eigenvalue weighted by Gasteiger charge is 2.13. The van der Waals surface area contributed by atoms with Gasteiger partial charge in [0.1, 0.15) is 5.76 Å². The normalized spacial score (nSPS) is 15.4. The smallest absolute Gasteiger partial charge is 0.185 e. The summed E-state index contributed by atoms with van der Waals surface area (Å²) in [6.07, 6.45) is 7.88. The van der Waals surface area contributed by atoms with E-state index < -0.39 is 0 Å². The Bertz CT molecular complexity index is 430. The standard InChI is InChI=1S/C13H20N4OS2/c19-12(14-9-11-7-4-8-18-11)16-17-13(20)15-10-5-2-1-3-6-10/h4,7-8,10H,1-3,5-6,9H2,(H2,14,16,19)(H2,15,17,20). The molecule has 1 aliphatic rings. The molecule has 0 bridgehead atoms. The largest absolute Gasteiger partial charge is 0.467 e. The Morgan fingerprint density at radius 2 is 1.90 bits per heavy atom. The van der Waals surface area contributed by atoms with E-state index in [0.29, 0.717) is 22.8 Å². The lowest BCUT2D eigenvalue weighted by atomic mass is 9.96. The van der Waals surface area contributed by atoms with Gasteiger partial charge in [-0.3, -0.25) is 10.9 Å². The first-order valence-electron chi connectivity index (χ1n) is 6.87. The zero-order valence-corrected chi connectivity index (χ0v) is 12.9. The van der Waals surface area contributed by atoms with Crippen LogP contribution in [-0.2, 0) is 6.54 Å². The minimum atomic E-state index is 0.481. The van der Waals surface area contributed by atoms with Crippen molar-refractivity contribution in [3.05, 3.63) is 24.2 Å². The molecule has 4 N–H and O–H groups in total. The molecule has 0 aliphatic heterocycles. The highest BCUT2D eigenvalue weighted by atomic mass is 32.1. The second-order valence-electron chi connectivity index (χ2n) is 4.82. The summed E-state index contributed by atoms with van der Waals surface area (Å²) in [4.78, 5) is 0. The molecule has 0 amide bonds. The van der Waals surface area contributed by atoms with Gasteiger partial charge >= 0.3 is 0 Å². The predicted octanol–water partition coefficient (Wildman–Crippen LogP) is 1.96. The number of nitrogens with one attached hydrogen (secondary N) is 4. The second-order valence-corrected chi connectivity index (χ2v) is 5.64. The molecular formula is C13H20N4OS2. The van der Waals surface area contributed by atoms with Crippen LogP contribution in [0.5, 0.6) is 0 Å². The maximum atomic E-state index is 5.23. The summed E-state index contributed by atoms with van der Waals surface area (Å²) in [6.45, 7) is 0.545. The van der Waals surface area contributed by atoms with Crippen LogP contribution in [0.4, 0.5) is 0 Å². The van der Waals surface area contributed by atoms with Crippen molar-refractivity contribution in [3.8, 4) is 0 Å². The molecule has 110 valence electrons. The third kappa shape index (κ3) is 5.34. The fourth-order valence-electron chi connectivity index (χ4n) is 2.21. The van der Waals surface area contributed by atoms with Crippen molar-refractivity contribution in [3.63, 3.8) is 0 Å². The monoisotopic (exact) mass is 312 g/mol. The third-order valence-electron chi connectivity index (χ3n) is 3.23. The van der Waals surface area contributed by atoms with Crippen LogP contribution in [0.15, 0.2) is 22.8 Å². The topological polar surface area (TPSA) is 61.3 Å². The van der Waals surface area contributed by atoms with Crippen molar-refractivity contribution in [2.24, 2.45) is 0 Å². The Balaban J connectivity index is 1.58. The maximum Gasteiger partial charge on any atom is 0.185 e. The van der Waals surface area contributed by atoms with E-state index in [2.05, 4.69) is 21.5 Å². The van der Waals surface area contributed by atoms with E-state index in [-0.39, 0.29) is 0 Å². The lowest BCUT2D eigenvalue weighted by Gasteiger charge is -2.24. The summed E-state index contributed by atoms with van der Waals surface area (Å²) >= 11 is 10.4. The predicted molar refractivity (Wildman–Crippen MR) is 87.0 cm³/mol. The van der Waals surface area contributed by atoms with Gasteiger partial charge in [-0.05, 0) is 49.4 Å². The quantitative estimate of drug-likeness (QED) is 0.503. The molecule has 2 rings (SSSR count). The molecule has 1 heterocycles. The van der Waals surface area contributed by atoms with Crippen LogP contribution in [-0.4, -0.2) is 16.3 Å². The Labute approximate surface area is 129 Å². The summed E-state index contributed by atoms with van der Waals surface area (Å²) < 4.78 is 5.20. The van der Waals surface area contributed by atoms with Crippen LogP contribution in [0.1, 0.15) is 37.9 Å². The highest BCUT2D eigenvalue weighted by Crippen LogP contribution is 2.16. The van der Waals surface area contributed by atoms with Gasteiger partial charge in [-0.2, -0.15) is 0 Å². The molecule has 5 nitrogen and oxygen atoms in total. The Hall–Kier alpha value is -1.34. The lowest BCUT2D eigenvalue weighted by molar-refractivity contribution is 0.411. The number of hydrazine groups is 1. The average molecular weight is 312 g/mol. The van der Waals surface area contributed by atoms with Crippen LogP contribution in [0.25, 0.3) is 0 Å². The molecule has 0 spiro atoms. The molecule has 0 saturated heterocycles. The van der Waals surface area contributed by atoms with Crippen LogP contribution in [0.2, 0.25) is 0 Å². The van der Waals surface area contributed by atoms with Crippen LogP contribution in [0.3, 0.4) is 0 Å². The molecule has 7 heteroatoms. The van der Waals surface area contributed by atoms with E-state index >= 15 is 0 Å². The zero-order chi connectivity index (χ0) is 14.2. The first-order chi connectivity index (χ1) is 9.74. The van der Waals surface area contributed by atoms with E-state index in [1.807, 2.05) is 12.1 Å². The van der Waals surface area contributed by atoms with Crippen molar-refractivity contribution < 1.29 is 4.42 Å². The minimum absolute atomic E-state index is 0.481. The molecular weight excluding hydrogens is 292 g/mol. The second kappa shape index (κ2) is 8.06. The number of hydrogen-bond acceptors (Lipinski definition) is 3. The number of rotatable bonds is 3. The van der Waals surface area contributed by atoms with E-state index in [4.69, 9.17) is 28.9 Å². The number of hydrogen-bond donors (Lipinski definition) is 4. The first kappa shape index (κ1) is 15.1. The molecule has 1 aliphatic carbocycles.